The number of aromatic nitrogens is 3. The first-order valence-electron chi connectivity index (χ1n) is 9.76. The molecule has 2 atom stereocenters. The minimum absolute atomic E-state index is 0.138. The topological polar surface area (TPSA) is 53.9 Å². The number of aromatic amines is 1. The van der Waals surface area contributed by atoms with Crippen LogP contribution in [0.4, 0.5) is 0 Å². The number of aryl methyl sites for hydroxylation is 1. The molecule has 1 aromatic carbocycles. The van der Waals surface area contributed by atoms with Crippen molar-refractivity contribution < 1.29 is 4.79 Å². The van der Waals surface area contributed by atoms with Gasteiger partial charge in [-0.2, -0.15) is 5.10 Å². The summed E-state index contributed by atoms with van der Waals surface area (Å²) in [6.07, 6.45) is 4.22. The maximum Gasteiger partial charge on any atom is 0.246 e. The second kappa shape index (κ2) is 6.97. The van der Waals surface area contributed by atoms with E-state index >= 15 is 0 Å². The van der Waals surface area contributed by atoms with Crippen molar-refractivity contribution in [1.29, 1.82) is 0 Å². The molecular weight excluding hydrogens is 388 g/mol. The molecule has 3 aromatic rings. The van der Waals surface area contributed by atoms with Crippen LogP contribution in [0.3, 0.4) is 0 Å². The summed E-state index contributed by atoms with van der Waals surface area (Å²) in [4.78, 5) is 16.9. The van der Waals surface area contributed by atoms with Crippen molar-refractivity contribution in [3.8, 4) is 10.7 Å². The van der Waals surface area contributed by atoms with Crippen LogP contribution in [0.1, 0.15) is 49.4 Å². The van der Waals surface area contributed by atoms with Crippen molar-refractivity contribution in [2.75, 3.05) is 0 Å². The lowest BCUT2D eigenvalue weighted by molar-refractivity contribution is -0.137. The number of carbonyl (C=O) groups is 1. The lowest BCUT2D eigenvalue weighted by Crippen LogP contribution is -2.40. The molecule has 0 spiro atoms. The van der Waals surface area contributed by atoms with Crippen LogP contribution < -0.4 is 0 Å². The standard InChI is InChI=1S/C21H22N4OS2/c1-13(24-19(22-23-21(24)27)18-7-4-12-28-18)20(26)25(15-9-10-15)17-11-8-14-5-2-3-6-16(14)17/h2-7,12-13,15,17H,8-11H2,1H3,(H,23,27). The number of fused-ring (bicyclic) bond motifs is 1. The summed E-state index contributed by atoms with van der Waals surface area (Å²) >= 11 is 7.09. The second-order valence-corrected chi connectivity index (χ2v) is 8.94. The van der Waals surface area contributed by atoms with Gasteiger partial charge < -0.3 is 4.90 Å². The van der Waals surface area contributed by atoms with E-state index in [0.717, 1.165) is 36.4 Å². The molecule has 2 unspecified atom stereocenters. The molecule has 7 heteroatoms. The van der Waals surface area contributed by atoms with Gasteiger partial charge in [-0.3, -0.25) is 14.5 Å². The molecular formula is C21H22N4OS2. The number of nitrogens with one attached hydrogen (secondary N) is 1. The maximum absolute atomic E-state index is 13.7. The average molecular weight is 411 g/mol. The van der Waals surface area contributed by atoms with Crippen molar-refractivity contribution >= 4 is 29.5 Å². The highest BCUT2D eigenvalue weighted by Gasteiger charge is 2.42. The fraction of sp³-hybridized carbons (Fsp3) is 0.381. The lowest BCUT2D eigenvalue weighted by atomic mass is 10.1. The van der Waals surface area contributed by atoms with Crippen LogP contribution in [0.15, 0.2) is 41.8 Å². The first-order valence-corrected chi connectivity index (χ1v) is 11.0. The summed E-state index contributed by atoms with van der Waals surface area (Å²) in [5.74, 6) is 0.878. The van der Waals surface area contributed by atoms with Crippen LogP contribution in [-0.2, 0) is 11.2 Å². The predicted octanol–water partition coefficient (Wildman–Crippen LogP) is 4.91. The Kier molecular flexibility index (Phi) is 4.44. The normalized spacial score (nSPS) is 19.4. The Balaban J connectivity index is 1.50. The van der Waals surface area contributed by atoms with Gasteiger partial charge in [0.1, 0.15) is 6.04 Å². The van der Waals surface area contributed by atoms with Gasteiger partial charge in [0.05, 0.1) is 10.9 Å². The fourth-order valence-corrected chi connectivity index (χ4v) is 5.33. The van der Waals surface area contributed by atoms with Crippen molar-refractivity contribution in [2.24, 2.45) is 0 Å². The van der Waals surface area contributed by atoms with Gasteiger partial charge in [0.2, 0.25) is 5.91 Å². The number of carbonyl (C=O) groups excluding carboxylic acids is 1. The first-order chi connectivity index (χ1) is 13.6. The fourth-order valence-electron chi connectivity index (χ4n) is 4.33. The smallest absolute Gasteiger partial charge is 0.246 e. The zero-order chi connectivity index (χ0) is 19.3. The summed E-state index contributed by atoms with van der Waals surface area (Å²) in [6.45, 7) is 1.95. The van der Waals surface area contributed by atoms with Gasteiger partial charge in [-0.25, -0.2) is 0 Å². The predicted molar refractivity (Wildman–Crippen MR) is 113 cm³/mol. The quantitative estimate of drug-likeness (QED) is 0.608. The van der Waals surface area contributed by atoms with Gasteiger partial charge in [-0.05, 0) is 67.4 Å². The maximum atomic E-state index is 13.7. The Hall–Kier alpha value is -2.25. The van der Waals surface area contributed by atoms with Crippen LogP contribution in [0.5, 0.6) is 0 Å². The highest BCUT2D eigenvalue weighted by atomic mass is 32.1. The van der Waals surface area contributed by atoms with E-state index in [2.05, 4.69) is 39.4 Å². The minimum atomic E-state index is -0.392. The van der Waals surface area contributed by atoms with Gasteiger partial charge >= 0.3 is 0 Å². The van der Waals surface area contributed by atoms with E-state index in [1.807, 2.05) is 29.0 Å². The van der Waals surface area contributed by atoms with E-state index in [4.69, 9.17) is 12.2 Å². The van der Waals surface area contributed by atoms with Gasteiger partial charge in [0.25, 0.3) is 0 Å². The molecule has 0 radical (unpaired) electrons. The van der Waals surface area contributed by atoms with E-state index in [1.165, 1.54) is 11.1 Å². The Morgan fingerprint density at radius 3 is 2.86 bits per heavy atom. The van der Waals surface area contributed by atoms with Crippen LogP contribution in [-0.4, -0.2) is 31.6 Å². The molecule has 2 heterocycles. The Labute approximate surface area is 173 Å². The SMILES string of the molecule is CC(C(=O)N(C1CC1)C1CCc2ccccc21)n1c(-c2cccs2)n[nH]c1=S. The van der Waals surface area contributed by atoms with Crippen LogP contribution >= 0.6 is 23.6 Å². The Bertz CT molecular complexity index is 1060. The van der Waals surface area contributed by atoms with E-state index in [1.54, 1.807) is 11.3 Å². The summed E-state index contributed by atoms with van der Waals surface area (Å²) < 4.78 is 2.37. The first kappa shape index (κ1) is 17.8. The number of benzene rings is 1. The van der Waals surface area contributed by atoms with Crippen LogP contribution in [0, 0.1) is 4.77 Å². The van der Waals surface area contributed by atoms with E-state index in [-0.39, 0.29) is 11.9 Å². The molecule has 1 N–H and O–H groups in total. The minimum Gasteiger partial charge on any atom is -0.331 e. The van der Waals surface area contributed by atoms with Crippen molar-refractivity contribution in [2.45, 2.75) is 50.7 Å². The van der Waals surface area contributed by atoms with Gasteiger partial charge in [-0.1, -0.05) is 30.3 Å². The number of amides is 1. The number of thiophene rings is 1. The largest absolute Gasteiger partial charge is 0.331 e. The zero-order valence-electron chi connectivity index (χ0n) is 15.7. The van der Waals surface area contributed by atoms with Gasteiger partial charge in [-0.15, -0.1) is 11.3 Å². The summed E-state index contributed by atoms with van der Waals surface area (Å²) in [6, 6.07) is 12.7. The Morgan fingerprint density at radius 1 is 1.29 bits per heavy atom. The molecule has 1 saturated carbocycles. The van der Waals surface area contributed by atoms with E-state index in [0.29, 0.717) is 10.8 Å². The number of H-pyrrole nitrogens is 1. The lowest BCUT2D eigenvalue weighted by Gasteiger charge is -2.32. The molecule has 28 heavy (non-hydrogen) atoms. The third kappa shape index (κ3) is 2.93. The number of rotatable bonds is 5. The summed E-state index contributed by atoms with van der Waals surface area (Å²) in [5.41, 5.74) is 2.68. The molecule has 144 valence electrons. The summed E-state index contributed by atoms with van der Waals surface area (Å²) in [5, 5.41) is 9.29. The van der Waals surface area contributed by atoms with Gasteiger partial charge in [0, 0.05) is 6.04 Å². The van der Waals surface area contributed by atoms with Crippen molar-refractivity contribution in [1.82, 2.24) is 19.7 Å². The highest BCUT2D eigenvalue weighted by molar-refractivity contribution is 7.71. The van der Waals surface area contributed by atoms with E-state index < -0.39 is 6.04 Å². The van der Waals surface area contributed by atoms with Crippen molar-refractivity contribution in [3.63, 3.8) is 0 Å². The molecule has 2 aliphatic rings. The number of nitrogens with zero attached hydrogens (tertiary/aromatic N) is 3. The van der Waals surface area contributed by atoms with E-state index in [9.17, 15) is 4.79 Å². The zero-order valence-corrected chi connectivity index (χ0v) is 17.3. The molecule has 1 amide bonds. The number of hydrogen-bond acceptors (Lipinski definition) is 4. The molecule has 2 aromatic heterocycles. The van der Waals surface area contributed by atoms with Crippen LogP contribution in [0.2, 0.25) is 0 Å². The molecule has 5 nitrogen and oxygen atoms in total. The Morgan fingerprint density at radius 2 is 2.11 bits per heavy atom. The molecule has 0 saturated heterocycles. The third-order valence-electron chi connectivity index (χ3n) is 5.82. The number of hydrogen-bond donors (Lipinski definition) is 1. The summed E-state index contributed by atoms with van der Waals surface area (Å²) in [7, 11) is 0. The molecule has 1 fully saturated rings. The molecule has 0 aliphatic heterocycles. The second-order valence-electron chi connectivity index (χ2n) is 7.61. The average Bonchev–Trinajstić information content (AvgIpc) is 3.10. The molecule has 2 aliphatic carbocycles. The van der Waals surface area contributed by atoms with Crippen molar-refractivity contribution in [3.05, 3.63) is 57.7 Å². The monoisotopic (exact) mass is 410 g/mol. The van der Waals surface area contributed by atoms with Gasteiger partial charge in [0.15, 0.2) is 10.6 Å². The highest BCUT2D eigenvalue weighted by Crippen LogP contribution is 2.43. The third-order valence-corrected chi connectivity index (χ3v) is 6.98. The molecule has 5 rings (SSSR count). The molecule has 0 bridgehead atoms. The van der Waals surface area contributed by atoms with Crippen LogP contribution in [0.25, 0.3) is 10.7 Å².